The molecule has 23 heavy (non-hydrogen) atoms. The molecule has 1 aromatic carbocycles. The minimum absolute atomic E-state index is 0.137. The van der Waals surface area contributed by atoms with Crippen molar-refractivity contribution in [2.45, 2.75) is 5.16 Å². The number of carbonyl (C=O) groups is 1. The van der Waals surface area contributed by atoms with Crippen molar-refractivity contribution < 1.29 is 9.53 Å². The number of methoxy groups -OCH3 is 1. The van der Waals surface area contributed by atoms with Crippen molar-refractivity contribution in [2.75, 3.05) is 18.2 Å². The molecule has 0 unspecified atom stereocenters. The predicted molar refractivity (Wildman–Crippen MR) is 87.6 cm³/mol. The first-order chi connectivity index (χ1) is 11.3. The number of ether oxygens (including phenoxy) is 1. The van der Waals surface area contributed by atoms with Crippen LogP contribution in [-0.2, 0) is 4.79 Å². The molecule has 0 aliphatic heterocycles. The number of amides is 1. The van der Waals surface area contributed by atoms with Gasteiger partial charge in [-0.05, 0) is 24.3 Å². The van der Waals surface area contributed by atoms with E-state index in [1.54, 1.807) is 30.2 Å². The highest BCUT2D eigenvalue weighted by Crippen LogP contribution is 2.23. The van der Waals surface area contributed by atoms with Crippen LogP contribution in [0.25, 0.3) is 0 Å². The molecule has 118 valence electrons. The van der Waals surface area contributed by atoms with Gasteiger partial charge in [0, 0.05) is 12.4 Å². The lowest BCUT2D eigenvalue weighted by Gasteiger charge is -2.10. The summed E-state index contributed by atoms with van der Waals surface area (Å²) in [5.74, 6) is 0.709. The SMILES string of the molecule is COc1ccccc1NC(=O)CSc1nncn1-n1cccc1. The average Bonchev–Trinajstić information content (AvgIpc) is 3.24. The van der Waals surface area contributed by atoms with Gasteiger partial charge in [0.05, 0.1) is 18.6 Å². The Balaban J connectivity index is 1.63. The van der Waals surface area contributed by atoms with Gasteiger partial charge in [-0.2, -0.15) is 0 Å². The number of para-hydroxylation sites is 2. The Bertz CT molecular complexity index is 785. The molecule has 0 bridgehead atoms. The van der Waals surface area contributed by atoms with Gasteiger partial charge in [0.1, 0.15) is 12.1 Å². The van der Waals surface area contributed by atoms with Crippen LogP contribution in [0.3, 0.4) is 0 Å². The number of thioether (sulfide) groups is 1. The third-order valence-corrected chi connectivity index (χ3v) is 3.98. The Morgan fingerprint density at radius 1 is 1.26 bits per heavy atom. The van der Waals surface area contributed by atoms with Gasteiger partial charge in [-0.25, -0.2) is 4.68 Å². The van der Waals surface area contributed by atoms with Gasteiger partial charge >= 0.3 is 0 Å². The second kappa shape index (κ2) is 7.01. The molecule has 0 radical (unpaired) electrons. The number of hydrogen-bond donors (Lipinski definition) is 1. The largest absolute Gasteiger partial charge is 0.495 e. The molecule has 2 heterocycles. The Hall–Kier alpha value is -2.74. The second-order valence-electron chi connectivity index (χ2n) is 4.56. The Labute approximate surface area is 137 Å². The molecule has 1 N–H and O–H groups in total. The van der Waals surface area contributed by atoms with Crippen LogP contribution in [0.5, 0.6) is 5.75 Å². The molecule has 7 nitrogen and oxygen atoms in total. The first-order valence-corrected chi connectivity index (χ1v) is 7.86. The first kappa shape index (κ1) is 15.2. The molecule has 0 aliphatic rings. The van der Waals surface area contributed by atoms with Crippen molar-refractivity contribution in [3.05, 3.63) is 55.1 Å². The van der Waals surface area contributed by atoms with E-state index in [2.05, 4.69) is 15.5 Å². The fourth-order valence-corrected chi connectivity index (χ4v) is 2.72. The van der Waals surface area contributed by atoms with Crippen LogP contribution < -0.4 is 10.1 Å². The summed E-state index contributed by atoms with van der Waals surface area (Å²) in [4.78, 5) is 12.1. The summed E-state index contributed by atoms with van der Waals surface area (Å²) >= 11 is 1.31. The second-order valence-corrected chi connectivity index (χ2v) is 5.50. The molecule has 0 saturated carbocycles. The summed E-state index contributed by atoms with van der Waals surface area (Å²) < 4.78 is 8.81. The maximum atomic E-state index is 12.1. The minimum Gasteiger partial charge on any atom is -0.495 e. The molecular formula is C15H15N5O2S. The number of nitrogens with zero attached hydrogens (tertiary/aromatic N) is 4. The van der Waals surface area contributed by atoms with E-state index in [9.17, 15) is 4.79 Å². The maximum Gasteiger partial charge on any atom is 0.234 e. The van der Waals surface area contributed by atoms with Crippen molar-refractivity contribution in [1.29, 1.82) is 0 Å². The Morgan fingerprint density at radius 3 is 2.83 bits per heavy atom. The highest BCUT2D eigenvalue weighted by molar-refractivity contribution is 7.99. The summed E-state index contributed by atoms with van der Waals surface area (Å²) in [6, 6.07) is 11.1. The van der Waals surface area contributed by atoms with Crippen LogP contribution in [-0.4, -0.2) is 38.3 Å². The summed E-state index contributed by atoms with van der Waals surface area (Å²) in [6.45, 7) is 0. The third-order valence-electron chi connectivity index (χ3n) is 3.05. The quantitative estimate of drug-likeness (QED) is 0.701. The molecular weight excluding hydrogens is 314 g/mol. The van der Waals surface area contributed by atoms with E-state index >= 15 is 0 Å². The van der Waals surface area contributed by atoms with E-state index in [0.29, 0.717) is 16.6 Å². The number of anilines is 1. The molecule has 3 rings (SSSR count). The van der Waals surface area contributed by atoms with Gasteiger partial charge in [-0.3, -0.25) is 9.47 Å². The maximum absolute atomic E-state index is 12.1. The van der Waals surface area contributed by atoms with Crippen LogP contribution in [0.2, 0.25) is 0 Å². The zero-order valence-corrected chi connectivity index (χ0v) is 13.2. The smallest absolute Gasteiger partial charge is 0.234 e. The van der Waals surface area contributed by atoms with E-state index in [0.717, 1.165) is 0 Å². The Kier molecular flexibility index (Phi) is 4.62. The number of hydrogen-bond acceptors (Lipinski definition) is 5. The van der Waals surface area contributed by atoms with Crippen LogP contribution in [0, 0.1) is 0 Å². The standard InChI is InChI=1S/C15H15N5O2S/c1-22-13-7-3-2-6-12(13)17-14(21)10-23-15-18-16-11-20(15)19-8-4-5-9-19/h2-9,11H,10H2,1H3,(H,17,21). The van der Waals surface area contributed by atoms with Crippen LogP contribution >= 0.6 is 11.8 Å². The first-order valence-electron chi connectivity index (χ1n) is 6.87. The fourth-order valence-electron chi connectivity index (χ4n) is 2.01. The number of aromatic nitrogens is 4. The number of nitrogens with one attached hydrogen (secondary N) is 1. The normalized spacial score (nSPS) is 10.5. The van der Waals surface area contributed by atoms with Gasteiger partial charge in [0.15, 0.2) is 0 Å². The molecule has 2 aromatic heterocycles. The molecule has 0 fully saturated rings. The van der Waals surface area contributed by atoms with Crippen LogP contribution in [0.4, 0.5) is 5.69 Å². The van der Waals surface area contributed by atoms with Crippen molar-refractivity contribution >= 4 is 23.4 Å². The van der Waals surface area contributed by atoms with E-state index in [1.165, 1.54) is 11.8 Å². The van der Waals surface area contributed by atoms with Crippen LogP contribution in [0.1, 0.15) is 0 Å². The predicted octanol–water partition coefficient (Wildman–Crippen LogP) is 2.13. The lowest BCUT2D eigenvalue weighted by atomic mass is 10.3. The molecule has 0 spiro atoms. The van der Waals surface area contributed by atoms with Gasteiger partial charge < -0.3 is 10.1 Å². The molecule has 1 amide bonds. The summed E-state index contributed by atoms with van der Waals surface area (Å²) in [5.41, 5.74) is 0.646. The number of carbonyl (C=O) groups excluding carboxylic acids is 1. The molecule has 0 aliphatic carbocycles. The minimum atomic E-state index is -0.137. The van der Waals surface area contributed by atoms with E-state index in [1.807, 2.05) is 41.3 Å². The van der Waals surface area contributed by atoms with Gasteiger partial charge in [0.25, 0.3) is 0 Å². The van der Waals surface area contributed by atoms with Crippen LogP contribution in [0.15, 0.2) is 60.3 Å². The molecule has 8 heteroatoms. The molecule has 3 aromatic rings. The van der Waals surface area contributed by atoms with Gasteiger partial charge in [-0.1, -0.05) is 23.9 Å². The van der Waals surface area contributed by atoms with E-state index in [-0.39, 0.29) is 11.7 Å². The van der Waals surface area contributed by atoms with Crippen molar-refractivity contribution in [3.63, 3.8) is 0 Å². The van der Waals surface area contributed by atoms with Crippen molar-refractivity contribution in [2.24, 2.45) is 0 Å². The van der Waals surface area contributed by atoms with E-state index in [4.69, 9.17) is 4.74 Å². The van der Waals surface area contributed by atoms with E-state index < -0.39 is 0 Å². The number of rotatable bonds is 6. The lowest BCUT2D eigenvalue weighted by molar-refractivity contribution is -0.113. The lowest BCUT2D eigenvalue weighted by Crippen LogP contribution is -2.15. The van der Waals surface area contributed by atoms with Gasteiger partial charge in [0.2, 0.25) is 11.1 Å². The molecule has 0 saturated heterocycles. The summed E-state index contributed by atoms with van der Waals surface area (Å²) in [7, 11) is 1.57. The summed E-state index contributed by atoms with van der Waals surface area (Å²) in [5, 5.41) is 11.4. The zero-order valence-electron chi connectivity index (χ0n) is 12.4. The Morgan fingerprint density at radius 2 is 2.04 bits per heavy atom. The topological polar surface area (TPSA) is 74.0 Å². The summed E-state index contributed by atoms with van der Waals surface area (Å²) in [6.07, 6.45) is 5.35. The fraction of sp³-hybridized carbons (Fsp3) is 0.133. The highest BCUT2D eigenvalue weighted by atomic mass is 32.2. The molecule has 0 atom stereocenters. The average molecular weight is 329 g/mol. The highest BCUT2D eigenvalue weighted by Gasteiger charge is 2.11. The third kappa shape index (κ3) is 3.54. The van der Waals surface area contributed by atoms with Gasteiger partial charge in [-0.15, -0.1) is 10.2 Å². The monoisotopic (exact) mass is 329 g/mol. The number of benzene rings is 1. The van der Waals surface area contributed by atoms with Crippen molar-refractivity contribution in [3.8, 4) is 5.75 Å². The zero-order chi connectivity index (χ0) is 16.1. The van der Waals surface area contributed by atoms with Crippen molar-refractivity contribution in [1.82, 2.24) is 19.5 Å².